The number of aliphatic hydroxyl groups excluding tert-OH is 1. The maximum atomic E-state index is 13.7. The lowest BCUT2D eigenvalue weighted by atomic mass is 9.93. The fourth-order valence-electron chi connectivity index (χ4n) is 2.03. The zero-order chi connectivity index (χ0) is 13.7. The monoisotopic (exact) mass is 261 g/mol. The van der Waals surface area contributed by atoms with Gasteiger partial charge in [0.1, 0.15) is 0 Å². The van der Waals surface area contributed by atoms with Crippen molar-refractivity contribution in [2.24, 2.45) is 0 Å². The Balaban J connectivity index is 2.20. The number of hydrogen-bond donors (Lipinski definition) is 1. The summed E-state index contributed by atoms with van der Waals surface area (Å²) in [6.45, 7) is -0.0336. The van der Waals surface area contributed by atoms with Gasteiger partial charge in [-0.25, -0.2) is 4.39 Å². The zero-order valence-corrected chi connectivity index (χ0v) is 10.7. The van der Waals surface area contributed by atoms with Crippen molar-refractivity contribution in [3.63, 3.8) is 0 Å². The maximum Gasteiger partial charge on any atom is 0.165 e. The molecule has 0 amide bonds. The van der Waals surface area contributed by atoms with Gasteiger partial charge in [-0.3, -0.25) is 4.98 Å². The number of pyridine rings is 1. The van der Waals surface area contributed by atoms with Gasteiger partial charge >= 0.3 is 0 Å². The molecule has 0 aliphatic heterocycles. The summed E-state index contributed by atoms with van der Waals surface area (Å²) in [5.74, 6) is -0.333. The number of rotatable bonds is 5. The van der Waals surface area contributed by atoms with E-state index in [1.165, 1.54) is 13.2 Å². The number of aliphatic hydroxyl groups is 1. The molecule has 1 atom stereocenters. The van der Waals surface area contributed by atoms with Gasteiger partial charge in [0.25, 0.3) is 0 Å². The molecule has 0 radical (unpaired) electrons. The van der Waals surface area contributed by atoms with E-state index in [-0.39, 0.29) is 18.3 Å². The average Bonchev–Trinajstić information content (AvgIpc) is 2.46. The number of hydrogen-bond acceptors (Lipinski definition) is 3. The Morgan fingerprint density at radius 3 is 2.58 bits per heavy atom. The lowest BCUT2D eigenvalue weighted by Crippen LogP contribution is -2.08. The van der Waals surface area contributed by atoms with Crippen LogP contribution in [0.25, 0.3) is 0 Å². The average molecular weight is 261 g/mol. The first kappa shape index (κ1) is 13.5. The number of halogens is 1. The molecule has 0 aliphatic carbocycles. The lowest BCUT2D eigenvalue weighted by molar-refractivity contribution is 0.264. The smallest absolute Gasteiger partial charge is 0.165 e. The molecule has 1 aromatic heterocycles. The van der Waals surface area contributed by atoms with Gasteiger partial charge in [-0.2, -0.15) is 0 Å². The predicted octanol–water partition coefficient (Wildman–Crippen LogP) is 2.55. The van der Waals surface area contributed by atoms with Crippen LogP contribution in [0.4, 0.5) is 4.39 Å². The van der Waals surface area contributed by atoms with Gasteiger partial charge in [-0.15, -0.1) is 0 Å². The summed E-state index contributed by atoms with van der Waals surface area (Å²) >= 11 is 0. The van der Waals surface area contributed by atoms with E-state index in [9.17, 15) is 9.50 Å². The molecule has 0 spiro atoms. The van der Waals surface area contributed by atoms with Crippen LogP contribution >= 0.6 is 0 Å². The third-order valence-corrected chi connectivity index (χ3v) is 3.10. The molecule has 4 heteroatoms. The van der Waals surface area contributed by atoms with Crippen molar-refractivity contribution in [1.82, 2.24) is 4.98 Å². The molecule has 3 nitrogen and oxygen atoms in total. The number of ether oxygens (including phenoxy) is 1. The van der Waals surface area contributed by atoms with Crippen molar-refractivity contribution in [2.75, 3.05) is 13.7 Å². The number of methoxy groups -OCH3 is 1. The maximum absolute atomic E-state index is 13.7. The van der Waals surface area contributed by atoms with Crippen LogP contribution in [0.15, 0.2) is 42.7 Å². The molecular formula is C15H16FNO2. The number of benzene rings is 1. The summed E-state index contributed by atoms with van der Waals surface area (Å²) in [6, 6.07) is 8.57. The number of nitrogens with zero attached hydrogens (tertiary/aromatic N) is 1. The third kappa shape index (κ3) is 3.29. The van der Waals surface area contributed by atoms with Crippen LogP contribution in [0.5, 0.6) is 5.75 Å². The van der Waals surface area contributed by atoms with E-state index in [1.54, 1.807) is 24.5 Å². The number of aromatic nitrogens is 1. The van der Waals surface area contributed by atoms with E-state index in [4.69, 9.17) is 4.74 Å². The van der Waals surface area contributed by atoms with Crippen molar-refractivity contribution in [3.05, 3.63) is 59.7 Å². The molecule has 100 valence electrons. The van der Waals surface area contributed by atoms with E-state index in [0.717, 1.165) is 11.1 Å². The largest absolute Gasteiger partial charge is 0.494 e. The van der Waals surface area contributed by atoms with E-state index in [2.05, 4.69) is 4.98 Å². The molecule has 0 saturated heterocycles. The fourth-order valence-corrected chi connectivity index (χ4v) is 2.03. The van der Waals surface area contributed by atoms with Gasteiger partial charge in [0.05, 0.1) is 13.7 Å². The van der Waals surface area contributed by atoms with Gasteiger partial charge in [0.15, 0.2) is 11.6 Å². The van der Waals surface area contributed by atoms with Crippen molar-refractivity contribution in [1.29, 1.82) is 0 Å². The Bertz CT molecular complexity index is 531. The molecule has 0 saturated carbocycles. The van der Waals surface area contributed by atoms with Crippen LogP contribution in [0.3, 0.4) is 0 Å². The van der Waals surface area contributed by atoms with Crippen LogP contribution in [0, 0.1) is 5.82 Å². The highest BCUT2D eigenvalue weighted by atomic mass is 19.1. The third-order valence-electron chi connectivity index (χ3n) is 3.10. The molecule has 1 heterocycles. The highest BCUT2D eigenvalue weighted by Crippen LogP contribution is 2.25. The van der Waals surface area contributed by atoms with Crippen molar-refractivity contribution in [3.8, 4) is 5.75 Å². The summed E-state index contributed by atoms with van der Waals surface area (Å²) in [5.41, 5.74) is 1.82. The van der Waals surface area contributed by atoms with E-state index in [0.29, 0.717) is 6.42 Å². The van der Waals surface area contributed by atoms with Crippen LogP contribution in [0.1, 0.15) is 17.0 Å². The van der Waals surface area contributed by atoms with Crippen molar-refractivity contribution < 1.29 is 14.2 Å². The fraction of sp³-hybridized carbons (Fsp3) is 0.267. The Morgan fingerprint density at radius 2 is 2.00 bits per heavy atom. The normalized spacial score (nSPS) is 12.2. The summed E-state index contributed by atoms with van der Waals surface area (Å²) in [6.07, 6.45) is 4.06. The minimum Gasteiger partial charge on any atom is -0.494 e. The van der Waals surface area contributed by atoms with Gasteiger partial charge in [-0.1, -0.05) is 6.07 Å². The lowest BCUT2D eigenvalue weighted by Gasteiger charge is -2.15. The second kappa shape index (κ2) is 6.29. The Morgan fingerprint density at radius 1 is 1.26 bits per heavy atom. The predicted molar refractivity (Wildman–Crippen MR) is 70.7 cm³/mol. The van der Waals surface area contributed by atoms with Gasteiger partial charge in [0.2, 0.25) is 0 Å². The topological polar surface area (TPSA) is 42.4 Å². The molecule has 2 aromatic rings. The summed E-state index contributed by atoms with van der Waals surface area (Å²) < 4.78 is 18.6. The summed E-state index contributed by atoms with van der Waals surface area (Å²) in [4.78, 5) is 3.95. The molecule has 0 fully saturated rings. The van der Waals surface area contributed by atoms with E-state index < -0.39 is 5.82 Å². The highest BCUT2D eigenvalue weighted by molar-refractivity contribution is 5.32. The van der Waals surface area contributed by atoms with Gasteiger partial charge in [-0.05, 0) is 41.8 Å². The van der Waals surface area contributed by atoms with Gasteiger partial charge in [0, 0.05) is 18.3 Å². The van der Waals surface area contributed by atoms with Crippen LogP contribution in [-0.4, -0.2) is 23.8 Å². The second-order valence-corrected chi connectivity index (χ2v) is 4.33. The molecule has 0 bridgehead atoms. The SMILES string of the molecule is COc1ccc(C(CO)Cc2ccncc2)cc1F. The minimum absolute atomic E-state index is 0.0336. The van der Waals surface area contributed by atoms with E-state index >= 15 is 0 Å². The molecule has 19 heavy (non-hydrogen) atoms. The van der Waals surface area contributed by atoms with Gasteiger partial charge < -0.3 is 9.84 Å². The second-order valence-electron chi connectivity index (χ2n) is 4.33. The van der Waals surface area contributed by atoms with Crippen LogP contribution in [0.2, 0.25) is 0 Å². The first-order valence-electron chi connectivity index (χ1n) is 6.07. The molecule has 1 aromatic carbocycles. The molecular weight excluding hydrogens is 245 g/mol. The van der Waals surface area contributed by atoms with Crippen LogP contribution in [-0.2, 0) is 6.42 Å². The molecule has 1 N–H and O–H groups in total. The van der Waals surface area contributed by atoms with Crippen molar-refractivity contribution >= 4 is 0 Å². The summed E-state index contributed by atoms with van der Waals surface area (Å²) in [7, 11) is 1.43. The Hall–Kier alpha value is -1.94. The zero-order valence-electron chi connectivity index (χ0n) is 10.7. The first-order chi connectivity index (χ1) is 9.24. The quantitative estimate of drug-likeness (QED) is 0.899. The highest BCUT2D eigenvalue weighted by Gasteiger charge is 2.14. The van der Waals surface area contributed by atoms with Crippen molar-refractivity contribution in [2.45, 2.75) is 12.3 Å². The summed E-state index contributed by atoms with van der Waals surface area (Å²) in [5, 5.41) is 9.49. The molecule has 1 unspecified atom stereocenters. The Kier molecular flexibility index (Phi) is 4.47. The first-order valence-corrected chi connectivity index (χ1v) is 6.07. The minimum atomic E-state index is -0.409. The molecule has 2 rings (SSSR count). The van der Waals surface area contributed by atoms with Crippen LogP contribution < -0.4 is 4.74 Å². The molecule has 0 aliphatic rings. The Labute approximate surface area is 111 Å². The van der Waals surface area contributed by atoms with E-state index in [1.807, 2.05) is 12.1 Å². The standard InChI is InChI=1S/C15H16FNO2/c1-19-15-3-2-12(9-14(15)16)13(10-18)8-11-4-6-17-7-5-11/h2-7,9,13,18H,8,10H2,1H3.